The fourth-order valence-corrected chi connectivity index (χ4v) is 9.30. The second kappa shape index (κ2) is 27.5. The zero-order valence-corrected chi connectivity index (χ0v) is 42.7. The van der Waals surface area contributed by atoms with Gasteiger partial charge < -0.3 is 20.7 Å². The first-order valence-electron chi connectivity index (χ1n) is 24.5. The predicted molar refractivity (Wildman–Crippen MR) is 281 cm³/mol. The third kappa shape index (κ3) is 15.7. The second-order valence-electron chi connectivity index (χ2n) is 18.0. The molecule has 0 aromatic heterocycles. The number of nitrogens with zero attached hydrogens (tertiary/aromatic N) is 1. The van der Waals surface area contributed by atoms with Crippen LogP contribution in [0, 0.1) is 12.3 Å². The Labute approximate surface area is 392 Å². The van der Waals surface area contributed by atoms with Gasteiger partial charge in [-0.2, -0.15) is 12.6 Å². The number of thiol groups is 1. The van der Waals surface area contributed by atoms with Gasteiger partial charge in [0, 0.05) is 46.5 Å². The Balaban J connectivity index is 0.000000369. The zero-order valence-electron chi connectivity index (χ0n) is 41.8. The van der Waals surface area contributed by atoms with Crippen LogP contribution in [-0.4, -0.2) is 36.9 Å². The number of rotatable bonds is 20. The summed E-state index contributed by atoms with van der Waals surface area (Å²) in [6.07, 6.45) is 24.4. The summed E-state index contributed by atoms with van der Waals surface area (Å²) in [5.74, 6) is 1.04. The van der Waals surface area contributed by atoms with Crippen molar-refractivity contribution < 1.29 is 4.74 Å². The maximum absolute atomic E-state index is 6.38. The van der Waals surface area contributed by atoms with Gasteiger partial charge in [0.1, 0.15) is 5.75 Å². The molecule has 0 radical (unpaired) electrons. The Bertz CT molecular complexity index is 1930. The van der Waals surface area contributed by atoms with Gasteiger partial charge in [-0.25, -0.2) is 0 Å². The monoisotopic (exact) mass is 877 g/mol. The summed E-state index contributed by atoms with van der Waals surface area (Å²) >= 11 is 3.53. The van der Waals surface area contributed by atoms with Crippen molar-refractivity contribution in [2.45, 2.75) is 172 Å². The maximum atomic E-state index is 6.38. The molecule has 63 heavy (non-hydrogen) atoms. The fraction of sp³-hybridized carbons (Fsp3) is 0.544. The van der Waals surface area contributed by atoms with Crippen LogP contribution in [0.4, 0.5) is 0 Å². The van der Waals surface area contributed by atoms with Gasteiger partial charge >= 0.3 is 0 Å². The van der Waals surface area contributed by atoms with E-state index in [9.17, 15) is 0 Å². The normalized spacial score (nSPS) is 17.9. The van der Waals surface area contributed by atoms with Crippen molar-refractivity contribution in [3.8, 4) is 5.75 Å². The van der Waals surface area contributed by atoms with Crippen molar-refractivity contribution in [1.82, 2.24) is 20.9 Å². The summed E-state index contributed by atoms with van der Waals surface area (Å²) in [5.41, 5.74) is 19.0. The molecule has 6 heteroatoms. The standard InChI is InChI=1S/C36H58N2O.C20H26N2.CH4S/c1-10-17-28(8)23-32(29(9)12-3)33(26-37-15-6)31-24-30(13-4)34(35(25-31)39-16-7)27-38-21-19-36(14-5,18-11-2)20-22-38;1-5-16-12-13(2)6-10-18(16)20(17-8-9-17)22-19-11-7-14(3)21-15(19)4;1-2/h15,23-26,37H,6,10-14,16-22,27H2,1-5,7-9H3;6,10,12,19,21-22H,3-5,7-9,11H2,1-2H3;2H,1H3/b28-23+,32-29+,33-26-;;. The van der Waals surface area contributed by atoms with Gasteiger partial charge in [0.05, 0.1) is 12.6 Å². The molecule has 5 nitrogen and oxygen atoms in total. The number of hydrogen-bond donors (Lipinski definition) is 4. The highest BCUT2D eigenvalue weighted by atomic mass is 32.1. The van der Waals surface area contributed by atoms with Gasteiger partial charge in [0.15, 0.2) is 0 Å². The van der Waals surface area contributed by atoms with E-state index in [0.29, 0.717) is 18.1 Å². The summed E-state index contributed by atoms with van der Waals surface area (Å²) in [7, 11) is 0. The van der Waals surface area contributed by atoms with Crippen molar-refractivity contribution in [3.05, 3.63) is 136 Å². The Kier molecular flexibility index (Phi) is 23.3. The molecule has 2 aromatic carbocycles. The molecule has 3 fully saturated rings. The van der Waals surface area contributed by atoms with Gasteiger partial charge in [-0.3, -0.25) is 4.90 Å². The molecule has 2 heterocycles. The van der Waals surface area contributed by atoms with Gasteiger partial charge in [0.2, 0.25) is 0 Å². The molecule has 1 saturated carbocycles. The molecular formula is C57H88N4OS. The number of likely N-dealkylation sites (tertiary alicyclic amines) is 1. The highest BCUT2D eigenvalue weighted by Crippen LogP contribution is 2.41. The van der Waals surface area contributed by atoms with E-state index in [1.807, 2.05) is 0 Å². The summed E-state index contributed by atoms with van der Waals surface area (Å²) < 4.78 is 6.38. The molecule has 1 aliphatic carbocycles. The zero-order chi connectivity index (χ0) is 46.5. The average molecular weight is 877 g/mol. The molecule has 2 aliphatic heterocycles. The molecule has 3 aliphatic rings. The lowest BCUT2D eigenvalue weighted by atomic mass is 9.73. The molecule has 0 amide bonds. The number of ether oxygens (including phenoxy) is 1. The van der Waals surface area contributed by atoms with Gasteiger partial charge in [-0.05, 0) is 163 Å². The number of allylic oxidation sites excluding steroid dienone is 7. The van der Waals surface area contributed by atoms with Crippen LogP contribution in [0.5, 0.6) is 5.75 Å². The summed E-state index contributed by atoms with van der Waals surface area (Å²) in [6.45, 7) is 38.6. The van der Waals surface area contributed by atoms with Crippen LogP contribution < -0.4 is 20.7 Å². The lowest BCUT2D eigenvalue weighted by Gasteiger charge is -2.42. The SMILES string of the molecule is C=C1CCC(NC(=C2CC2)c2ccc(C)cc2CC)C(=C)N1.C=CN\C=C(C(/C=C(\C)CCC)=C(\C)CC)\c1cc(CC)c(CN2CCC(CC)(CCC)CC2)c(OCC)c1.CS. The molecule has 0 bridgehead atoms. The van der Waals surface area contributed by atoms with Crippen LogP contribution in [-0.2, 0) is 19.4 Å². The highest BCUT2D eigenvalue weighted by Gasteiger charge is 2.33. The third-order valence-electron chi connectivity index (χ3n) is 13.4. The van der Waals surface area contributed by atoms with Crippen molar-refractivity contribution in [2.75, 3.05) is 26.0 Å². The number of piperidine rings is 2. The van der Waals surface area contributed by atoms with Gasteiger partial charge in [-0.15, -0.1) is 0 Å². The Morgan fingerprint density at radius 3 is 2.19 bits per heavy atom. The summed E-state index contributed by atoms with van der Waals surface area (Å²) in [5, 5.41) is 10.4. The predicted octanol–water partition coefficient (Wildman–Crippen LogP) is 15.0. The number of benzene rings is 2. The first-order valence-corrected chi connectivity index (χ1v) is 25.4. The molecule has 1 unspecified atom stereocenters. The van der Waals surface area contributed by atoms with Crippen LogP contribution >= 0.6 is 12.6 Å². The van der Waals surface area contributed by atoms with E-state index in [2.05, 4.69) is 165 Å². The van der Waals surface area contributed by atoms with Crippen molar-refractivity contribution in [1.29, 1.82) is 0 Å². The van der Waals surface area contributed by atoms with Crippen molar-refractivity contribution >= 4 is 23.9 Å². The maximum Gasteiger partial charge on any atom is 0.124 e. The smallest absolute Gasteiger partial charge is 0.124 e. The van der Waals surface area contributed by atoms with Crippen LogP contribution in [0.25, 0.3) is 11.3 Å². The summed E-state index contributed by atoms with van der Waals surface area (Å²) in [6, 6.07) is 11.8. The molecule has 1 atom stereocenters. The van der Waals surface area contributed by atoms with E-state index >= 15 is 0 Å². The molecule has 5 rings (SSSR count). The molecule has 2 saturated heterocycles. The average Bonchev–Trinajstić information content (AvgIpc) is 4.14. The Hall–Kier alpha value is -3.87. The van der Waals surface area contributed by atoms with Crippen LogP contribution in [0.2, 0.25) is 0 Å². The Morgan fingerprint density at radius 1 is 0.937 bits per heavy atom. The molecule has 348 valence electrons. The quantitative estimate of drug-likeness (QED) is 0.0789. The van der Waals surface area contributed by atoms with Gasteiger partial charge in [0.25, 0.3) is 0 Å². The third-order valence-corrected chi connectivity index (χ3v) is 13.4. The number of nitrogens with one attached hydrogen (secondary N) is 3. The van der Waals surface area contributed by atoms with E-state index in [-0.39, 0.29) is 0 Å². The van der Waals surface area contributed by atoms with E-state index in [1.165, 1.54) is 119 Å². The van der Waals surface area contributed by atoms with Crippen molar-refractivity contribution in [3.63, 3.8) is 0 Å². The minimum Gasteiger partial charge on any atom is -0.494 e. The molecule has 3 N–H and O–H groups in total. The fourth-order valence-electron chi connectivity index (χ4n) is 9.30. The molecule has 2 aromatic rings. The topological polar surface area (TPSA) is 48.6 Å². The van der Waals surface area contributed by atoms with Crippen LogP contribution in [0.3, 0.4) is 0 Å². The highest BCUT2D eigenvalue weighted by molar-refractivity contribution is 7.79. The van der Waals surface area contributed by atoms with Gasteiger partial charge in [-0.1, -0.05) is 128 Å². The second-order valence-corrected chi connectivity index (χ2v) is 18.0. The van der Waals surface area contributed by atoms with E-state index < -0.39 is 0 Å². The minimum absolute atomic E-state index is 0.291. The van der Waals surface area contributed by atoms with E-state index in [1.54, 1.807) is 18.0 Å². The van der Waals surface area contributed by atoms with Crippen LogP contribution in [0.15, 0.2) is 102 Å². The number of aryl methyl sites for hydroxylation is 3. The lowest BCUT2D eigenvalue weighted by molar-refractivity contribution is 0.0851. The van der Waals surface area contributed by atoms with Crippen LogP contribution in [0.1, 0.15) is 173 Å². The van der Waals surface area contributed by atoms with E-state index in [0.717, 1.165) is 68.6 Å². The summed E-state index contributed by atoms with van der Waals surface area (Å²) in [4.78, 5) is 2.67. The number of hydrogen-bond acceptors (Lipinski definition) is 6. The lowest BCUT2D eigenvalue weighted by Crippen LogP contribution is -2.39. The van der Waals surface area contributed by atoms with Crippen molar-refractivity contribution in [2.24, 2.45) is 5.41 Å². The Morgan fingerprint density at radius 2 is 1.63 bits per heavy atom. The first kappa shape index (κ1) is 53.5. The first-order chi connectivity index (χ1) is 30.4. The minimum atomic E-state index is 0.291. The van der Waals surface area contributed by atoms with E-state index in [4.69, 9.17) is 4.74 Å². The largest absolute Gasteiger partial charge is 0.494 e. The molecule has 0 spiro atoms. The molecular weight excluding hydrogens is 789 g/mol.